The van der Waals surface area contributed by atoms with Crippen molar-refractivity contribution in [3.63, 3.8) is 0 Å². The molecule has 5 rings (SSSR count). The fourth-order valence-corrected chi connectivity index (χ4v) is 6.22. The molecule has 0 spiro atoms. The van der Waals surface area contributed by atoms with Gasteiger partial charge in [-0.25, -0.2) is 41.7 Å². The predicted octanol–water partition coefficient (Wildman–Crippen LogP) is 5.11. The lowest BCUT2D eigenvalue weighted by Gasteiger charge is -2.33. The van der Waals surface area contributed by atoms with Crippen LogP contribution < -0.4 is 20.5 Å². The van der Waals surface area contributed by atoms with Gasteiger partial charge in [-0.1, -0.05) is 29.8 Å². The Morgan fingerprint density at radius 2 is 1.86 bits per heavy atom. The average Bonchev–Trinajstić information content (AvgIpc) is 2.94. The number of nitrogens with two attached hydrogens (primary N) is 1. The Bertz CT molecular complexity index is 1750. The van der Waals surface area contributed by atoms with Crippen LogP contribution in [0.25, 0.3) is 11.3 Å². The van der Waals surface area contributed by atoms with E-state index in [9.17, 15) is 12.8 Å². The Labute approximate surface area is 247 Å². The second kappa shape index (κ2) is 11.9. The van der Waals surface area contributed by atoms with E-state index in [-0.39, 0.29) is 42.0 Å². The van der Waals surface area contributed by atoms with E-state index in [0.29, 0.717) is 17.8 Å². The fraction of sp³-hybridized carbons (Fsp3) is 0.300. The number of aryl methyl sites for hydroxylation is 1. The van der Waals surface area contributed by atoms with Gasteiger partial charge >= 0.3 is 0 Å². The number of rotatable bonds is 8. The topological polar surface area (TPSA) is 132 Å². The molecular weight excluding hydrogens is 581 g/mol. The number of primary sulfonamides is 1. The number of ether oxygens (including phenoxy) is 1. The first-order valence-electron chi connectivity index (χ1n) is 13.5. The van der Waals surface area contributed by atoms with Crippen LogP contribution in [0.4, 0.5) is 19.1 Å². The van der Waals surface area contributed by atoms with Gasteiger partial charge in [-0.3, -0.25) is 0 Å². The standard InChI is InChI=1S/C30H31F3N6O3S/c1-17-6-8-19(9-7-17)27(43(34,40)41)22-13-23(31)26(18(2)25(22)32)42-28-21(5-4-11-36-28)24-10-12-37-29(39-24)38-20-14-30(3,33)16-35-15-20/h4-13,20,27,35H,14-16H2,1-3H3,(H2,34,40,41)(H,37,38,39)/t20-,27?,30-/m0/s1. The molecule has 9 nitrogen and oxygen atoms in total. The van der Waals surface area contributed by atoms with E-state index in [1.807, 2.05) is 6.92 Å². The highest BCUT2D eigenvalue weighted by Gasteiger charge is 2.33. The number of nitrogens with zero attached hydrogens (tertiary/aromatic N) is 3. The number of hydrogen-bond donors (Lipinski definition) is 3. The zero-order valence-corrected chi connectivity index (χ0v) is 24.6. The number of piperidine rings is 1. The van der Waals surface area contributed by atoms with E-state index < -0.39 is 43.9 Å². The van der Waals surface area contributed by atoms with E-state index in [0.717, 1.165) is 11.6 Å². The number of sulfonamides is 1. The van der Waals surface area contributed by atoms with Gasteiger partial charge in [-0.2, -0.15) is 0 Å². The smallest absolute Gasteiger partial charge is 0.228 e. The third kappa shape index (κ3) is 6.79. The van der Waals surface area contributed by atoms with Crippen LogP contribution in [-0.2, 0) is 10.0 Å². The quantitative estimate of drug-likeness (QED) is 0.250. The number of pyridine rings is 1. The van der Waals surface area contributed by atoms with E-state index in [2.05, 4.69) is 25.6 Å². The van der Waals surface area contributed by atoms with Crippen LogP contribution in [0, 0.1) is 25.5 Å². The molecule has 2 aromatic heterocycles. The van der Waals surface area contributed by atoms with Gasteiger partial charge in [-0.05, 0) is 50.6 Å². The van der Waals surface area contributed by atoms with Crippen LogP contribution in [0.15, 0.2) is 60.9 Å². The van der Waals surface area contributed by atoms with Crippen molar-refractivity contribution >= 4 is 16.0 Å². The molecule has 1 unspecified atom stereocenters. The van der Waals surface area contributed by atoms with E-state index in [1.165, 1.54) is 38.4 Å². The van der Waals surface area contributed by atoms with Crippen molar-refractivity contribution in [2.75, 3.05) is 18.4 Å². The average molecular weight is 613 g/mol. The number of benzene rings is 2. The minimum absolute atomic E-state index is 0.0708. The van der Waals surface area contributed by atoms with Gasteiger partial charge in [0.25, 0.3) is 0 Å². The van der Waals surface area contributed by atoms with Gasteiger partial charge < -0.3 is 15.4 Å². The number of hydrogen-bond acceptors (Lipinski definition) is 8. The molecule has 0 radical (unpaired) electrons. The first-order chi connectivity index (χ1) is 20.3. The molecule has 1 aliphatic heterocycles. The molecule has 3 atom stereocenters. The minimum Gasteiger partial charge on any atom is -0.435 e. The molecule has 3 heterocycles. The normalized spacial score (nSPS) is 19.6. The fourth-order valence-electron chi connectivity index (χ4n) is 5.16. The Morgan fingerprint density at radius 1 is 1.12 bits per heavy atom. The summed E-state index contributed by atoms with van der Waals surface area (Å²) in [6.07, 6.45) is 3.19. The summed E-state index contributed by atoms with van der Waals surface area (Å²) in [7, 11) is -4.38. The summed E-state index contributed by atoms with van der Waals surface area (Å²) in [5.74, 6) is -2.28. The van der Waals surface area contributed by atoms with Crippen LogP contribution in [0.5, 0.6) is 11.6 Å². The van der Waals surface area contributed by atoms with Crippen molar-refractivity contribution in [1.29, 1.82) is 0 Å². The summed E-state index contributed by atoms with van der Waals surface area (Å²) >= 11 is 0. The monoisotopic (exact) mass is 612 g/mol. The summed E-state index contributed by atoms with van der Waals surface area (Å²) in [5.41, 5.74) is -0.306. The van der Waals surface area contributed by atoms with Crippen molar-refractivity contribution in [1.82, 2.24) is 20.3 Å². The molecule has 1 fully saturated rings. The lowest BCUT2D eigenvalue weighted by atomic mass is 9.95. The maximum atomic E-state index is 15.8. The molecular formula is C30H31F3N6O3S. The van der Waals surface area contributed by atoms with Gasteiger partial charge in [0.2, 0.25) is 21.9 Å². The lowest BCUT2D eigenvalue weighted by Crippen LogP contribution is -2.50. The van der Waals surface area contributed by atoms with Gasteiger partial charge in [-0.15, -0.1) is 0 Å². The SMILES string of the molecule is Cc1ccc(C(c2cc(F)c(Oc3ncccc3-c3ccnc(N[C@@H]4CNC[C@@](C)(F)C4)n3)c(C)c2F)S(N)(=O)=O)cc1. The van der Waals surface area contributed by atoms with Crippen molar-refractivity contribution in [2.24, 2.45) is 5.14 Å². The van der Waals surface area contributed by atoms with Crippen molar-refractivity contribution in [3.8, 4) is 22.9 Å². The summed E-state index contributed by atoms with van der Waals surface area (Å²) in [4.78, 5) is 13.0. The van der Waals surface area contributed by atoms with Crippen LogP contribution in [0.3, 0.4) is 0 Å². The third-order valence-corrected chi connectivity index (χ3v) is 8.39. The maximum Gasteiger partial charge on any atom is 0.228 e. The van der Waals surface area contributed by atoms with Crippen LogP contribution in [-0.4, -0.2) is 48.2 Å². The molecule has 43 heavy (non-hydrogen) atoms. The van der Waals surface area contributed by atoms with E-state index in [1.54, 1.807) is 30.3 Å². The summed E-state index contributed by atoms with van der Waals surface area (Å²) in [6, 6.07) is 11.7. The van der Waals surface area contributed by atoms with Crippen LogP contribution in [0.1, 0.15) is 40.8 Å². The first kappa shape index (κ1) is 30.4. The number of anilines is 1. The number of aromatic nitrogens is 3. The lowest BCUT2D eigenvalue weighted by molar-refractivity contribution is 0.137. The summed E-state index contributed by atoms with van der Waals surface area (Å²) in [5, 5.41) is 10.0. The van der Waals surface area contributed by atoms with Gasteiger partial charge in [0.05, 0.1) is 11.3 Å². The molecule has 0 bridgehead atoms. The molecule has 4 N–H and O–H groups in total. The number of nitrogens with one attached hydrogen (secondary N) is 2. The Balaban J connectivity index is 1.47. The minimum atomic E-state index is -4.38. The van der Waals surface area contributed by atoms with E-state index >= 15 is 8.78 Å². The highest BCUT2D eigenvalue weighted by atomic mass is 32.2. The van der Waals surface area contributed by atoms with Crippen molar-refractivity contribution in [2.45, 2.75) is 44.2 Å². The Morgan fingerprint density at radius 3 is 2.56 bits per heavy atom. The molecule has 1 aliphatic rings. The Kier molecular flexibility index (Phi) is 8.41. The molecule has 0 saturated carbocycles. The molecule has 226 valence electrons. The number of halogens is 3. The predicted molar refractivity (Wildman–Crippen MR) is 157 cm³/mol. The largest absolute Gasteiger partial charge is 0.435 e. The molecule has 0 aliphatic carbocycles. The second-order valence-corrected chi connectivity index (χ2v) is 12.6. The van der Waals surface area contributed by atoms with Crippen molar-refractivity contribution in [3.05, 3.63) is 94.8 Å². The van der Waals surface area contributed by atoms with Gasteiger partial charge in [0.1, 0.15) is 16.7 Å². The number of alkyl halides is 1. The highest BCUT2D eigenvalue weighted by molar-refractivity contribution is 7.89. The molecule has 4 aromatic rings. The molecule has 2 aromatic carbocycles. The first-order valence-corrected chi connectivity index (χ1v) is 15.1. The summed E-state index contributed by atoms with van der Waals surface area (Å²) in [6.45, 7) is 5.41. The molecule has 0 amide bonds. The molecule has 1 saturated heterocycles. The van der Waals surface area contributed by atoms with E-state index in [4.69, 9.17) is 9.88 Å². The summed E-state index contributed by atoms with van der Waals surface area (Å²) < 4.78 is 76.8. The highest BCUT2D eigenvalue weighted by Crippen LogP contribution is 2.39. The van der Waals surface area contributed by atoms with Gasteiger partial charge in [0.15, 0.2) is 11.6 Å². The van der Waals surface area contributed by atoms with Gasteiger partial charge in [0, 0.05) is 49.1 Å². The Hall–Kier alpha value is -4.07. The maximum absolute atomic E-state index is 15.8. The van der Waals surface area contributed by atoms with Crippen LogP contribution >= 0.6 is 0 Å². The molecule has 13 heteroatoms. The van der Waals surface area contributed by atoms with Crippen LogP contribution in [0.2, 0.25) is 0 Å². The second-order valence-electron chi connectivity index (χ2n) is 10.9. The third-order valence-electron chi connectivity index (χ3n) is 7.20. The zero-order chi connectivity index (χ0) is 30.9. The zero-order valence-electron chi connectivity index (χ0n) is 23.7. The van der Waals surface area contributed by atoms with Crippen molar-refractivity contribution < 1.29 is 26.3 Å².